The molecular formula is C14H14N2O. The normalized spacial score (nSPS) is 20.6. The fraction of sp³-hybridized carbons (Fsp3) is 0.214. The first-order valence-electron chi connectivity index (χ1n) is 5.84. The minimum Gasteiger partial charge on any atom is -0.410 e. The zero-order valence-corrected chi connectivity index (χ0v) is 9.48. The number of nitrogens with one attached hydrogen (secondary N) is 1. The summed E-state index contributed by atoms with van der Waals surface area (Å²) in [5, 5.41) is 16.0. The van der Waals surface area contributed by atoms with Crippen molar-refractivity contribution in [2.24, 2.45) is 5.16 Å². The Kier molecular flexibility index (Phi) is 2.44. The summed E-state index contributed by atoms with van der Waals surface area (Å²) in [7, 11) is 0. The molecule has 86 valence electrons. The lowest BCUT2D eigenvalue weighted by Gasteiger charge is -2.15. The molecular weight excluding hydrogens is 212 g/mol. The summed E-state index contributed by atoms with van der Waals surface area (Å²) in [6.07, 6.45) is 6.09. The van der Waals surface area contributed by atoms with E-state index >= 15 is 0 Å². The third-order valence-corrected chi connectivity index (χ3v) is 3.34. The van der Waals surface area contributed by atoms with Gasteiger partial charge in [0, 0.05) is 23.9 Å². The Morgan fingerprint density at radius 1 is 1.18 bits per heavy atom. The van der Waals surface area contributed by atoms with Crippen molar-refractivity contribution in [3.8, 4) is 0 Å². The second kappa shape index (κ2) is 4.09. The Morgan fingerprint density at radius 3 is 2.94 bits per heavy atom. The molecule has 1 aromatic carbocycles. The highest BCUT2D eigenvalue weighted by Crippen LogP contribution is 2.29. The zero-order valence-electron chi connectivity index (χ0n) is 9.48. The van der Waals surface area contributed by atoms with Gasteiger partial charge in [0.2, 0.25) is 0 Å². The van der Waals surface area contributed by atoms with Crippen LogP contribution < -0.4 is 5.32 Å². The standard InChI is InChI=1S/C14H14N2O/c17-16-14-12-4-2-1-3-10(12)5-6-11-9-15-8-7-13(11)14/h1-4,7,9,15,17H,5-6,8H2/b16-14+. The molecule has 0 radical (unpaired) electrons. The van der Waals surface area contributed by atoms with Gasteiger partial charge in [-0.25, -0.2) is 0 Å². The topological polar surface area (TPSA) is 44.6 Å². The molecule has 0 saturated carbocycles. The molecule has 0 fully saturated rings. The summed E-state index contributed by atoms with van der Waals surface area (Å²) in [6, 6.07) is 8.15. The van der Waals surface area contributed by atoms with Crippen LogP contribution in [0.15, 0.2) is 52.8 Å². The van der Waals surface area contributed by atoms with Crippen LogP contribution >= 0.6 is 0 Å². The van der Waals surface area contributed by atoms with Crippen molar-refractivity contribution in [3.05, 3.63) is 58.8 Å². The van der Waals surface area contributed by atoms with Gasteiger partial charge in [0.1, 0.15) is 5.71 Å². The average molecular weight is 226 g/mol. The lowest BCUT2D eigenvalue weighted by Crippen LogP contribution is -2.17. The summed E-state index contributed by atoms with van der Waals surface area (Å²) < 4.78 is 0. The van der Waals surface area contributed by atoms with Gasteiger partial charge in [-0.2, -0.15) is 0 Å². The molecule has 17 heavy (non-hydrogen) atoms. The summed E-state index contributed by atoms with van der Waals surface area (Å²) in [4.78, 5) is 0. The van der Waals surface area contributed by atoms with E-state index in [0.29, 0.717) is 5.71 Å². The van der Waals surface area contributed by atoms with Crippen molar-refractivity contribution < 1.29 is 5.21 Å². The first kappa shape index (κ1) is 10.1. The molecule has 2 aliphatic rings. The van der Waals surface area contributed by atoms with E-state index in [2.05, 4.69) is 22.6 Å². The van der Waals surface area contributed by atoms with Crippen molar-refractivity contribution in [3.63, 3.8) is 0 Å². The van der Waals surface area contributed by atoms with Gasteiger partial charge < -0.3 is 10.5 Å². The third kappa shape index (κ3) is 1.64. The largest absolute Gasteiger partial charge is 0.410 e. The minimum absolute atomic E-state index is 0.700. The molecule has 3 rings (SSSR count). The smallest absolute Gasteiger partial charge is 0.117 e. The fourth-order valence-corrected chi connectivity index (χ4v) is 2.50. The van der Waals surface area contributed by atoms with Gasteiger partial charge in [0.05, 0.1) is 0 Å². The molecule has 2 N–H and O–H groups in total. The van der Waals surface area contributed by atoms with Crippen molar-refractivity contribution in [1.82, 2.24) is 5.32 Å². The summed E-state index contributed by atoms with van der Waals surface area (Å²) in [6.45, 7) is 0.792. The third-order valence-electron chi connectivity index (χ3n) is 3.34. The lowest BCUT2D eigenvalue weighted by molar-refractivity contribution is 0.319. The lowest BCUT2D eigenvalue weighted by atomic mass is 9.96. The van der Waals surface area contributed by atoms with E-state index < -0.39 is 0 Å². The van der Waals surface area contributed by atoms with Gasteiger partial charge in [0.25, 0.3) is 0 Å². The predicted octanol–water partition coefficient (Wildman–Crippen LogP) is 2.22. The number of aryl methyl sites for hydroxylation is 1. The van der Waals surface area contributed by atoms with Crippen molar-refractivity contribution in [2.45, 2.75) is 12.8 Å². The Bertz CT molecular complexity index is 541. The summed E-state index contributed by atoms with van der Waals surface area (Å²) >= 11 is 0. The maximum atomic E-state index is 9.30. The van der Waals surface area contributed by atoms with E-state index in [1.165, 1.54) is 11.1 Å². The number of hydrogen-bond donors (Lipinski definition) is 2. The number of allylic oxidation sites excluding steroid dienone is 2. The molecule has 3 heteroatoms. The molecule has 0 bridgehead atoms. The SMILES string of the molecule is O/N=C1/C2=CCNC=C2CCc2ccccc21. The van der Waals surface area contributed by atoms with Crippen LogP contribution in [0.25, 0.3) is 0 Å². The van der Waals surface area contributed by atoms with Crippen LogP contribution in [0.5, 0.6) is 0 Å². The van der Waals surface area contributed by atoms with E-state index in [0.717, 1.165) is 30.5 Å². The van der Waals surface area contributed by atoms with Gasteiger partial charge in [-0.3, -0.25) is 0 Å². The van der Waals surface area contributed by atoms with Gasteiger partial charge in [-0.1, -0.05) is 35.5 Å². The Labute approximate surface area is 100 Å². The molecule has 0 aromatic heterocycles. The molecule has 1 aliphatic carbocycles. The first-order valence-corrected chi connectivity index (χ1v) is 5.84. The van der Waals surface area contributed by atoms with Crippen LogP contribution in [0.3, 0.4) is 0 Å². The number of rotatable bonds is 0. The van der Waals surface area contributed by atoms with Gasteiger partial charge in [0.15, 0.2) is 0 Å². The van der Waals surface area contributed by atoms with E-state index in [9.17, 15) is 5.21 Å². The fourth-order valence-electron chi connectivity index (χ4n) is 2.50. The maximum absolute atomic E-state index is 9.30. The summed E-state index contributed by atoms with van der Waals surface area (Å²) in [5.74, 6) is 0. The molecule has 0 amide bonds. The molecule has 0 saturated heterocycles. The molecule has 0 unspecified atom stereocenters. The molecule has 3 nitrogen and oxygen atoms in total. The van der Waals surface area contributed by atoms with Crippen molar-refractivity contribution >= 4 is 5.71 Å². The highest BCUT2D eigenvalue weighted by atomic mass is 16.4. The monoisotopic (exact) mass is 226 g/mol. The predicted molar refractivity (Wildman–Crippen MR) is 67.3 cm³/mol. The quantitative estimate of drug-likeness (QED) is 0.526. The second-order valence-electron chi connectivity index (χ2n) is 4.30. The van der Waals surface area contributed by atoms with E-state index in [1.807, 2.05) is 24.4 Å². The molecule has 1 aliphatic heterocycles. The number of benzene rings is 1. The van der Waals surface area contributed by atoms with Gasteiger partial charge >= 0.3 is 0 Å². The highest BCUT2D eigenvalue weighted by Gasteiger charge is 2.22. The van der Waals surface area contributed by atoms with Gasteiger partial charge in [-0.15, -0.1) is 0 Å². The number of dihydropyridines is 1. The Hall–Kier alpha value is -2.03. The van der Waals surface area contributed by atoms with Crippen molar-refractivity contribution in [2.75, 3.05) is 6.54 Å². The van der Waals surface area contributed by atoms with Crippen LogP contribution in [0.2, 0.25) is 0 Å². The molecule has 0 atom stereocenters. The first-order chi connectivity index (χ1) is 8.40. The Balaban J connectivity index is 2.19. The number of fused-ring (bicyclic) bond motifs is 2. The van der Waals surface area contributed by atoms with Crippen LogP contribution in [0.4, 0.5) is 0 Å². The molecule has 1 heterocycles. The number of hydrogen-bond acceptors (Lipinski definition) is 3. The molecule has 0 spiro atoms. The number of oxime groups is 1. The van der Waals surface area contributed by atoms with E-state index in [-0.39, 0.29) is 0 Å². The van der Waals surface area contributed by atoms with Crippen molar-refractivity contribution in [1.29, 1.82) is 0 Å². The van der Waals surface area contributed by atoms with E-state index in [1.54, 1.807) is 0 Å². The zero-order chi connectivity index (χ0) is 11.7. The minimum atomic E-state index is 0.700. The number of nitrogens with zero attached hydrogens (tertiary/aromatic N) is 1. The van der Waals surface area contributed by atoms with Crippen LogP contribution in [0, 0.1) is 0 Å². The van der Waals surface area contributed by atoms with Crippen LogP contribution in [-0.4, -0.2) is 17.5 Å². The van der Waals surface area contributed by atoms with Crippen LogP contribution in [0.1, 0.15) is 17.5 Å². The van der Waals surface area contributed by atoms with E-state index in [4.69, 9.17) is 0 Å². The second-order valence-corrected chi connectivity index (χ2v) is 4.30. The average Bonchev–Trinajstić information content (AvgIpc) is 2.55. The maximum Gasteiger partial charge on any atom is 0.117 e. The Morgan fingerprint density at radius 2 is 2.06 bits per heavy atom. The van der Waals surface area contributed by atoms with Gasteiger partial charge in [-0.05, 0) is 24.0 Å². The molecule has 1 aromatic rings. The summed E-state index contributed by atoms with van der Waals surface area (Å²) in [5.41, 5.74) is 5.28. The highest BCUT2D eigenvalue weighted by molar-refractivity contribution is 6.16. The van der Waals surface area contributed by atoms with Crippen LogP contribution in [-0.2, 0) is 6.42 Å².